The summed E-state index contributed by atoms with van der Waals surface area (Å²) in [6.45, 7) is 0. The highest BCUT2D eigenvalue weighted by Gasteiger charge is 2.28. The van der Waals surface area contributed by atoms with Gasteiger partial charge in [0.2, 0.25) is 0 Å². The minimum Gasteiger partial charge on any atom is -0.478 e. The lowest BCUT2D eigenvalue weighted by Crippen LogP contribution is -2.20. The molecule has 0 bridgehead atoms. The van der Waals surface area contributed by atoms with Crippen molar-refractivity contribution in [2.24, 2.45) is 0 Å². The number of benzene rings is 1. The van der Waals surface area contributed by atoms with Gasteiger partial charge in [-0.3, -0.25) is 0 Å². The van der Waals surface area contributed by atoms with E-state index in [1.54, 1.807) is 6.07 Å². The largest absolute Gasteiger partial charge is 0.478 e. The maximum absolute atomic E-state index is 11.3. The van der Waals surface area contributed by atoms with Crippen LogP contribution in [0.4, 0.5) is 5.69 Å². The fourth-order valence-electron chi connectivity index (χ4n) is 1.89. The molecule has 0 radical (unpaired) electrons. The summed E-state index contributed by atoms with van der Waals surface area (Å²) >= 11 is 3.28. The third-order valence-corrected chi connectivity index (χ3v) is 5.23. The van der Waals surface area contributed by atoms with Gasteiger partial charge in [0.1, 0.15) is 0 Å². The van der Waals surface area contributed by atoms with Crippen molar-refractivity contribution in [1.29, 1.82) is 0 Å². The number of sulfone groups is 1. The van der Waals surface area contributed by atoms with E-state index in [-0.39, 0.29) is 23.1 Å². The van der Waals surface area contributed by atoms with Crippen molar-refractivity contribution in [3.05, 3.63) is 28.2 Å². The molecule has 2 rings (SSSR count). The molecule has 5 nitrogen and oxygen atoms in total. The Hall–Kier alpha value is -1.08. The van der Waals surface area contributed by atoms with Crippen LogP contribution in [0.3, 0.4) is 0 Å². The van der Waals surface area contributed by atoms with E-state index in [9.17, 15) is 13.2 Å². The van der Waals surface area contributed by atoms with Crippen molar-refractivity contribution < 1.29 is 18.3 Å². The van der Waals surface area contributed by atoms with Gasteiger partial charge in [-0.2, -0.15) is 0 Å². The van der Waals surface area contributed by atoms with E-state index in [0.717, 1.165) is 0 Å². The summed E-state index contributed by atoms with van der Waals surface area (Å²) < 4.78 is 23.3. The first-order valence-corrected chi connectivity index (χ1v) is 7.98. The molecule has 1 aliphatic heterocycles. The number of hydrogen-bond donors (Lipinski definition) is 2. The molecule has 1 atom stereocenters. The molecular formula is C11H12BrNO4S. The predicted octanol–water partition coefficient (Wildman–Crippen LogP) is 1.75. The summed E-state index contributed by atoms with van der Waals surface area (Å²) in [5.41, 5.74) is 0.897. The Morgan fingerprint density at radius 1 is 1.44 bits per heavy atom. The zero-order valence-electron chi connectivity index (χ0n) is 9.39. The fourth-order valence-corrected chi connectivity index (χ4v) is 4.06. The van der Waals surface area contributed by atoms with Gasteiger partial charge < -0.3 is 10.4 Å². The lowest BCUT2D eigenvalue weighted by Gasteiger charge is -2.14. The van der Waals surface area contributed by atoms with Crippen LogP contribution in [0, 0.1) is 0 Å². The topological polar surface area (TPSA) is 83.5 Å². The van der Waals surface area contributed by atoms with Crippen LogP contribution in [0.25, 0.3) is 0 Å². The molecule has 0 spiro atoms. The summed E-state index contributed by atoms with van der Waals surface area (Å²) in [6, 6.07) is 4.51. The number of nitrogens with one attached hydrogen (secondary N) is 1. The van der Waals surface area contributed by atoms with Gasteiger partial charge in [0.05, 0.1) is 17.1 Å². The van der Waals surface area contributed by atoms with E-state index in [4.69, 9.17) is 5.11 Å². The van der Waals surface area contributed by atoms with Crippen LogP contribution in [0.1, 0.15) is 16.8 Å². The highest BCUT2D eigenvalue weighted by atomic mass is 79.9. The van der Waals surface area contributed by atoms with Gasteiger partial charge in [-0.05, 0) is 40.5 Å². The lowest BCUT2D eigenvalue weighted by molar-refractivity contribution is 0.0697. The standard InChI is InChI=1S/C11H12BrNO4S/c12-9-5-7(11(14)15)1-2-10(9)13-8-3-4-18(16,17)6-8/h1-2,5,8,13H,3-4,6H2,(H,14,15). The third-order valence-electron chi connectivity index (χ3n) is 2.81. The van der Waals surface area contributed by atoms with Crippen LogP contribution in [-0.2, 0) is 9.84 Å². The summed E-state index contributed by atoms with van der Waals surface area (Å²) in [5.74, 6) is -0.666. The molecule has 2 N–H and O–H groups in total. The Morgan fingerprint density at radius 2 is 2.17 bits per heavy atom. The van der Waals surface area contributed by atoms with Crippen LogP contribution < -0.4 is 5.32 Å². The fraction of sp³-hybridized carbons (Fsp3) is 0.364. The molecule has 0 aliphatic carbocycles. The van der Waals surface area contributed by atoms with Crippen LogP contribution in [0.5, 0.6) is 0 Å². The van der Waals surface area contributed by atoms with Gasteiger partial charge in [0.15, 0.2) is 9.84 Å². The second-order valence-corrected chi connectivity index (χ2v) is 7.33. The molecule has 18 heavy (non-hydrogen) atoms. The van der Waals surface area contributed by atoms with E-state index in [2.05, 4.69) is 21.2 Å². The lowest BCUT2D eigenvalue weighted by atomic mass is 10.2. The molecule has 1 aromatic rings. The number of aromatic carboxylic acids is 1. The maximum Gasteiger partial charge on any atom is 0.335 e. The van der Waals surface area contributed by atoms with E-state index >= 15 is 0 Å². The van der Waals surface area contributed by atoms with Gasteiger partial charge in [-0.1, -0.05) is 0 Å². The van der Waals surface area contributed by atoms with E-state index in [1.165, 1.54) is 12.1 Å². The summed E-state index contributed by atoms with van der Waals surface area (Å²) in [6.07, 6.45) is 0.579. The first kappa shape index (κ1) is 13.4. The number of anilines is 1. The van der Waals surface area contributed by atoms with Crippen molar-refractivity contribution in [2.45, 2.75) is 12.5 Å². The normalized spacial score (nSPS) is 21.7. The smallest absolute Gasteiger partial charge is 0.335 e. The molecule has 1 unspecified atom stereocenters. The SMILES string of the molecule is O=C(O)c1ccc(NC2CCS(=O)(=O)C2)c(Br)c1. The van der Waals surface area contributed by atoms with Gasteiger partial charge >= 0.3 is 5.97 Å². The Kier molecular flexibility index (Phi) is 3.63. The second kappa shape index (κ2) is 4.89. The minimum atomic E-state index is -2.92. The van der Waals surface area contributed by atoms with Gasteiger partial charge in [-0.25, -0.2) is 13.2 Å². The Labute approximate surface area is 113 Å². The van der Waals surface area contributed by atoms with E-state index in [1.807, 2.05) is 0 Å². The molecule has 0 aromatic heterocycles. The minimum absolute atomic E-state index is 0.109. The maximum atomic E-state index is 11.3. The van der Waals surface area contributed by atoms with Crippen LogP contribution in [0.15, 0.2) is 22.7 Å². The highest BCUT2D eigenvalue weighted by Crippen LogP contribution is 2.26. The zero-order valence-corrected chi connectivity index (χ0v) is 11.8. The monoisotopic (exact) mass is 333 g/mol. The van der Waals surface area contributed by atoms with Crippen molar-refractivity contribution in [3.8, 4) is 0 Å². The quantitative estimate of drug-likeness (QED) is 0.880. The number of carboxylic acid groups (broad SMARTS) is 1. The molecule has 0 amide bonds. The average Bonchev–Trinajstić information content (AvgIpc) is 2.61. The van der Waals surface area contributed by atoms with Crippen LogP contribution >= 0.6 is 15.9 Å². The van der Waals surface area contributed by atoms with Gasteiger partial charge in [0.25, 0.3) is 0 Å². The Balaban J connectivity index is 2.13. The van der Waals surface area contributed by atoms with Crippen LogP contribution in [0.2, 0.25) is 0 Å². The number of carboxylic acids is 1. The predicted molar refractivity (Wildman–Crippen MR) is 71.8 cm³/mol. The molecule has 1 aromatic carbocycles. The highest BCUT2D eigenvalue weighted by molar-refractivity contribution is 9.10. The zero-order chi connectivity index (χ0) is 13.3. The summed E-state index contributed by atoms with van der Waals surface area (Å²) in [5, 5.41) is 11.9. The third kappa shape index (κ3) is 3.02. The molecule has 1 saturated heterocycles. The molecule has 0 saturated carbocycles. The number of rotatable bonds is 3. The number of carbonyl (C=O) groups is 1. The van der Waals surface area contributed by atoms with Crippen molar-refractivity contribution in [3.63, 3.8) is 0 Å². The molecule has 1 heterocycles. The Bertz CT molecular complexity index is 585. The number of hydrogen-bond acceptors (Lipinski definition) is 4. The van der Waals surface area contributed by atoms with E-state index in [0.29, 0.717) is 16.6 Å². The molecule has 98 valence electrons. The number of halogens is 1. The van der Waals surface area contributed by atoms with Crippen molar-refractivity contribution in [2.75, 3.05) is 16.8 Å². The molecular weight excluding hydrogens is 322 g/mol. The van der Waals surface area contributed by atoms with Crippen molar-refractivity contribution in [1.82, 2.24) is 0 Å². The molecule has 7 heteroatoms. The summed E-state index contributed by atoms with van der Waals surface area (Å²) in [4.78, 5) is 10.8. The van der Waals surface area contributed by atoms with Gasteiger partial charge in [0, 0.05) is 16.2 Å². The average molecular weight is 334 g/mol. The summed E-state index contributed by atoms with van der Waals surface area (Å²) in [7, 11) is -2.92. The second-order valence-electron chi connectivity index (χ2n) is 4.24. The van der Waals surface area contributed by atoms with Crippen LogP contribution in [-0.4, -0.2) is 37.0 Å². The molecule has 1 aliphatic rings. The first-order valence-electron chi connectivity index (χ1n) is 5.37. The first-order chi connectivity index (χ1) is 8.37. The Morgan fingerprint density at radius 3 is 2.67 bits per heavy atom. The van der Waals surface area contributed by atoms with E-state index < -0.39 is 15.8 Å². The molecule has 1 fully saturated rings. The van der Waals surface area contributed by atoms with Crippen molar-refractivity contribution >= 4 is 37.4 Å². The van der Waals surface area contributed by atoms with Gasteiger partial charge in [-0.15, -0.1) is 0 Å².